The molecule has 0 atom stereocenters. The highest BCUT2D eigenvalue weighted by molar-refractivity contribution is 8.84. The fourth-order valence-corrected chi connectivity index (χ4v) is 3.87. The van der Waals surface area contributed by atoms with Crippen molar-refractivity contribution < 1.29 is 14.4 Å². The molecule has 0 N–H and O–H groups in total. The molecule has 2 aromatic rings. The van der Waals surface area contributed by atoms with Crippen molar-refractivity contribution in [3.63, 3.8) is 0 Å². The number of rotatable bonds is 7. The molecule has 2 rings (SSSR count). The van der Waals surface area contributed by atoms with Crippen molar-refractivity contribution >= 4 is 55.4 Å². The standard InChI is InChI=1S/C17H12O3S3/c18-14(12-7-3-1-4-8-12)11-22-23-17(21)16(20)15(19)13-9-5-2-6-10-13/h1-10H,11H2. The van der Waals surface area contributed by atoms with E-state index in [9.17, 15) is 14.4 Å². The normalized spacial score (nSPS) is 10.1. The summed E-state index contributed by atoms with van der Waals surface area (Å²) in [5.41, 5.74) is 0.920. The molecule has 2 aromatic carbocycles. The molecular weight excluding hydrogens is 348 g/mol. The first-order chi connectivity index (χ1) is 11.1. The zero-order chi connectivity index (χ0) is 16.7. The van der Waals surface area contributed by atoms with Gasteiger partial charge in [0.05, 0.1) is 5.75 Å². The summed E-state index contributed by atoms with van der Waals surface area (Å²) in [5.74, 6) is -1.21. The van der Waals surface area contributed by atoms with E-state index in [1.165, 1.54) is 0 Å². The number of thiocarbonyl (C=S) groups is 1. The lowest BCUT2D eigenvalue weighted by Crippen LogP contribution is -2.19. The summed E-state index contributed by atoms with van der Waals surface area (Å²) >= 11 is 4.98. The van der Waals surface area contributed by atoms with E-state index in [1.807, 2.05) is 6.07 Å². The Hall–Kier alpha value is -1.76. The van der Waals surface area contributed by atoms with Crippen LogP contribution in [0.2, 0.25) is 0 Å². The van der Waals surface area contributed by atoms with Crippen molar-refractivity contribution in [1.29, 1.82) is 0 Å². The third kappa shape index (κ3) is 5.13. The molecule has 0 bridgehead atoms. The van der Waals surface area contributed by atoms with Gasteiger partial charge in [-0.05, 0) is 10.8 Å². The minimum atomic E-state index is -0.712. The number of hydrogen-bond acceptors (Lipinski definition) is 6. The highest BCUT2D eigenvalue weighted by atomic mass is 33.1. The fourth-order valence-electron chi connectivity index (χ4n) is 1.70. The molecule has 0 radical (unpaired) electrons. The van der Waals surface area contributed by atoms with Crippen molar-refractivity contribution in [3.8, 4) is 0 Å². The van der Waals surface area contributed by atoms with E-state index in [1.54, 1.807) is 54.6 Å². The molecule has 0 aliphatic rings. The minimum absolute atomic E-state index is 0.0373. The second-order valence-corrected chi connectivity index (χ2v) is 7.42. The fraction of sp³-hybridized carbons (Fsp3) is 0.0588. The summed E-state index contributed by atoms with van der Waals surface area (Å²) in [4.78, 5) is 35.9. The summed E-state index contributed by atoms with van der Waals surface area (Å²) in [6.07, 6.45) is 0. The lowest BCUT2D eigenvalue weighted by Gasteiger charge is -2.02. The molecule has 0 fully saturated rings. The smallest absolute Gasteiger partial charge is 0.251 e. The van der Waals surface area contributed by atoms with Crippen LogP contribution in [-0.2, 0) is 4.79 Å². The van der Waals surface area contributed by atoms with Crippen molar-refractivity contribution in [1.82, 2.24) is 0 Å². The van der Waals surface area contributed by atoms with E-state index in [0.717, 1.165) is 21.6 Å². The third-order valence-electron chi connectivity index (χ3n) is 2.85. The molecule has 0 saturated heterocycles. The quantitative estimate of drug-likeness (QED) is 0.322. The van der Waals surface area contributed by atoms with E-state index >= 15 is 0 Å². The van der Waals surface area contributed by atoms with Gasteiger partial charge in [-0.25, -0.2) is 0 Å². The lowest BCUT2D eigenvalue weighted by molar-refractivity contribution is -0.109. The lowest BCUT2D eigenvalue weighted by atomic mass is 10.1. The molecule has 0 spiro atoms. The van der Waals surface area contributed by atoms with Crippen LogP contribution in [0.5, 0.6) is 0 Å². The van der Waals surface area contributed by atoms with E-state index in [0.29, 0.717) is 11.1 Å². The van der Waals surface area contributed by atoms with Crippen LogP contribution in [0.4, 0.5) is 0 Å². The van der Waals surface area contributed by atoms with Gasteiger partial charge in [0.25, 0.3) is 5.78 Å². The second-order valence-electron chi connectivity index (χ2n) is 4.45. The molecule has 0 aromatic heterocycles. The maximum absolute atomic E-state index is 12.0. The number of carbonyl (C=O) groups is 3. The number of carbonyl (C=O) groups excluding carboxylic acids is 3. The highest BCUT2D eigenvalue weighted by Gasteiger charge is 2.21. The van der Waals surface area contributed by atoms with E-state index in [2.05, 4.69) is 0 Å². The van der Waals surface area contributed by atoms with Crippen LogP contribution >= 0.6 is 33.8 Å². The van der Waals surface area contributed by atoms with Gasteiger partial charge in [-0.1, -0.05) is 83.7 Å². The Labute approximate surface area is 147 Å². The second kappa shape index (κ2) is 8.76. The van der Waals surface area contributed by atoms with Crippen LogP contribution in [0.1, 0.15) is 20.7 Å². The third-order valence-corrected chi connectivity index (χ3v) is 5.64. The Kier molecular flexibility index (Phi) is 6.70. The van der Waals surface area contributed by atoms with E-state index < -0.39 is 11.6 Å². The molecule has 116 valence electrons. The van der Waals surface area contributed by atoms with Crippen molar-refractivity contribution in [2.24, 2.45) is 0 Å². The van der Waals surface area contributed by atoms with Crippen LogP contribution < -0.4 is 0 Å². The number of hydrogen-bond donors (Lipinski definition) is 0. The van der Waals surface area contributed by atoms with Crippen LogP contribution in [0.3, 0.4) is 0 Å². The van der Waals surface area contributed by atoms with E-state index in [-0.39, 0.29) is 15.7 Å². The Bertz CT molecular complexity index is 727. The summed E-state index contributed by atoms with van der Waals surface area (Å²) in [6, 6.07) is 17.1. The molecule has 3 nitrogen and oxygen atoms in total. The first kappa shape index (κ1) is 17.6. The largest absolute Gasteiger partial charge is 0.293 e. The first-order valence-electron chi connectivity index (χ1n) is 6.65. The van der Waals surface area contributed by atoms with Gasteiger partial charge in [0.15, 0.2) is 5.78 Å². The first-order valence-corrected chi connectivity index (χ1v) is 9.38. The maximum Gasteiger partial charge on any atom is 0.251 e. The molecule has 23 heavy (non-hydrogen) atoms. The topological polar surface area (TPSA) is 51.2 Å². The van der Waals surface area contributed by atoms with Crippen LogP contribution in [0.25, 0.3) is 0 Å². The van der Waals surface area contributed by atoms with Crippen LogP contribution in [0, 0.1) is 0 Å². The molecule has 0 aliphatic heterocycles. The number of ketones is 3. The summed E-state index contributed by atoms with van der Waals surface area (Å²) < 4.78 is -0.0373. The SMILES string of the molecule is O=C(C(=O)c1ccccc1)C(=S)SSCC(=O)c1ccccc1. The van der Waals surface area contributed by atoms with Crippen molar-refractivity contribution in [2.75, 3.05) is 5.75 Å². The van der Waals surface area contributed by atoms with Gasteiger partial charge in [-0.2, -0.15) is 0 Å². The molecule has 6 heteroatoms. The van der Waals surface area contributed by atoms with Gasteiger partial charge in [0.2, 0.25) is 5.78 Å². The molecule has 0 amide bonds. The summed E-state index contributed by atoms with van der Waals surface area (Å²) in [6.45, 7) is 0. The molecular formula is C17H12O3S3. The van der Waals surface area contributed by atoms with Crippen molar-refractivity contribution in [2.45, 2.75) is 0 Å². The van der Waals surface area contributed by atoms with Crippen LogP contribution in [0.15, 0.2) is 60.7 Å². The number of benzene rings is 2. The summed E-state index contributed by atoms with van der Waals surface area (Å²) in [7, 11) is 2.15. The van der Waals surface area contributed by atoms with Gasteiger partial charge in [0.1, 0.15) is 4.20 Å². The Morgan fingerprint density at radius 3 is 1.91 bits per heavy atom. The average Bonchev–Trinajstić information content (AvgIpc) is 2.61. The van der Waals surface area contributed by atoms with Crippen molar-refractivity contribution in [3.05, 3.63) is 71.8 Å². The summed E-state index contributed by atoms with van der Waals surface area (Å²) in [5, 5.41) is 0. The van der Waals surface area contributed by atoms with Gasteiger partial charge in [0, 0.05) is 11.1 Å². The zero-order valence-corrected chi connectivity index (χ0v) is 14.4. The minimum Gasteiger partial charge on any atom is -0.293 e. The number of Topliss-reactive ketones (excluding diaryl/α,β-unsaturated/α-hetero) is 3. The maximum atomic E-state index is 12.0. The predicted molar refractivity (Wildman–Crippen MR) is 99.2 cm³/mol. The Balaban J connectivity index is 1.84. The molecule has 0 aliphatic carbocycles. The van der Waals surface area contributed by atoms with Gasteiger partial charge in [-0.3, -0.25) is 14.4 Å². The van der Waals surface area contributed by atoms with Gasteiger partial charge < -0.3 is 0 Å². The predicted octanol–water partition coefficient (Wildman–Crippen LogP) is 4.03. The van der Waals surface area contributed by atoms with Gasteiger partial charge >= 0.3 is 0 Å². The molecule has 0 heterocycles. The highest BCUT2D eigenvalue weighted by Crippen LogP contribution is 2.25. The Morgan fingerprint density at radius 1 is 0.826 bits per heavy atom. The van der Waals surface area contributed by atoms with E-state index in [4.69, 9.17) is 12.2 Å². The van der Waals surface area contributed by atoms with Gasteiger partial charge in [-0.15, -0.1) is 0 Å². The zero-order valence-electron chi connectivity index (χ0n) is 11.9. The van der Waals surface area contributed by atoms with Crippen LogP contribution in [-0.4, -0.2) is 27.3 Å². The Morgan fingerprint density at radius 2 is 1.35 bits per heavy atom. The monoisotopic (exact) mass is 360 g/mol. The molecule has 0 saturated carbocycles. The average molecular weight is 360 g/mol. The molecule has 0 unspecified atom stereocenters.